The smallest absolute Gasteiger partial charge is 0.258 e. The second-order valence-corrected chi connectivity index (χ2v) is 9.30. The minimum absolute atomic E-state index is 0.0897. The first-order chi connectivity index (χ1) is 14.1. The third kappa shape index (κ3) is 3.75. The summed E-state index contributed by atoms with van der Waals surface area (Å²) >= 11 is 1.28. The van der Waals surface area contributed by atoms with Gasteiger partial charge in [-0.25, -0.2) is 4.98 Å². The van der Waals surface area contributed by atoms with Gasteiger partial charge in [-0.05, 0) is 31.2 Å². The normalized spacial score (nSPS) is 17.0. The van der Waals surface area contributed by atoms with Crippen LogP contribution in [0.3, 0.4) is 0 Å². The monoisotopic (exact) mass is 411 g/mol. The first-order valence-electron chi connectivity index (χ1n) is 10.7. The van der Waals surface area contributed by atoms with Crippen molar-refractivity contribution in [3.63, 3.8) is 0 Å². The highest BCUT2D eigenvalue weighted by Crippen LogP contribution is 2.48. The molecule has 29 heavy (non-hydrogen) atoms. The van der Waals surface area contributed by atoms with Gasteiger partial charge in [0, 0.05) is 17.5 Å². The highest BCUT2D eigenvalue weighted by atomic mass is 32.2. The molecule has 0 radical (unpaired) electrons. The molecule has 2 aliphatic rings. The number of carbonyl (C=O) groups excluding carboxylic acids is 1. The number of hydrogen-bond donors (Lipinski definition) is 1. The van der Waals surface area contributed by atoms with Gasteiger partial charge in [-0.3, -0.25) is 14.2 Å². The number of fused-ring (bicyclic) bond motifs is 4. The second kappa shape index (κ2) is 8.34. The van der Waals surface area contributed by atoms with Gasteiger partial charge in [0.1, 0.15) is 0 Å². The molecule has 1 aromatic heterocycles. The molecule has 1 aromatic carbocycles. The highest BCUT2D eigenvalue weighted by Gasteiger charge is 2.43. The number of aromatic nitrogens is 2. The Balaban J connectivity index is 1.94. The lowest BCUT2D eigenvalue weighted by atomic mass is 9.62. The number of amides is 1. The molecule has 5 nitrogen and oxygen atoms in total. The van der Waals surface area contributed by atoms with Crippen LogP contribution >= 0.6 is 11.8 Å². The maximum atomic E-state index is 13.9. The summed E-state index contributed by atoms with van der Waals surface area (Å²) < 4.78 is 1.81. The van der Waals surface area contributed by atoms with Crippen molar-refractivity contribution in [2.75, 3.05) is 5.75 Å². The summed E-state index contributed by atoms with van der Waals surface area (Å²) in [7, 11) is 0. The molecule has 6 heteroatoms. The zero-order chi connectivity index (χ0) is 20.4. The Morgan fingerprint density at radius 3 is 2.72 bits per heavy atom. The molecule has 0 bridgehead atoms. The Labute approximate surface area is 176 Å². The second-order valence-electron chi connectivity index (χ2n) is 8.36. The van der Waals surface area contributed by atoms with E-state index in [1.807, 2.05) is 6.07 Å². The van der Waals surface area contributed by atoms with Crippen LogP contribution in [0.1, 0.15) is 63.0 Å². The van der Waals surface area contributed by atoms with E-state index in [0.717, 1.165) is 61.8 Å². The largest absolute Gasteiger partial charge is 0.369 e. The van der Waals surface area contributed by atoms with Gasteiger partial charge in [0.05, 0.1) is 17.0 Å². The van der Waals surface area contributed by atoms with Crippen molar-refractivity contribution in [2.24, 2.45) is 5.73 Å². The number of hydrogen-bond acceptors (Lipinski definition) is 4. The predicted octanol–water partition coefficient (Wildman–Crippen LogP) is 4.05. The summed E-state index contributed by atoms with van der Waals surface area (Å²) in [6, 6.07) is 8.35. The van der Waals surface area contributed by atoms with Crippen molar-refractivity contribution < 1.29 is 4.79 Å². The minimum Gasteiger partial charge on any atom is -0.369 e. The SMILES string of the molecule is CCCCn1c(SCC(N)=O)nc2c(c1=O)C1(CCCCC1)Cc1ccccc1-2. The fraction of sp³-hybridized carbons (Fsp3) is 0.522. The van der Waals surface area contributed by atoms with E-state index in [1.54, 1.807) is 4.57 Å². The van der Waals surface area contributed by atoms with E-state index in [2.05, 4.69) is 25.1 Å². The summed E-state index contributed by atoms with van der Waals surface area (Å²) in [6.07, 6.45) is 8.49. The van der Waals surface area contributed by atoms with E-state index in [4.69, 9.17) is 10.7 Å². The van der Waals surface area contributed by atoms with E-state index >= 15 is 0 Å². The van der Waals surface area contributed by atoms with Crippen LogP contribution in [0.15, 0.2) is 34.2 Å². The number of unbranched alkanes of at least 4 members (excludes halogenated alkanes) is 1. The van der Waals surface area contributed by atoms with Gasteiger partial charge in [0.15, 0.2) is 5.16 Å². The lowest BCUT2D eigenvalue weighted by molar-refractivity contribution is -0.115. The van der Waals surface area contributed by atoms with E-state index in [1.165, 1.54) is 23.7 Å². The highest BCUT2D eigenvalue weighted by molar-refractivity contribution is 7.99. The maximum Gasteiger partial charge on any atom is 0.258 e. The van der Waals surface area contributed by atoms with Gasteiger partial charge in [-0.15, -0.1) is 0 Å². The van der Waals surface area contributed by atoms with Crippen LogP contribution in [-0.2, 0) is 23.2 Å². The molecule has 1 saturated carbocycles. The van der Waals surface area contributed by atoms with Gasteiger partial charge < -0.3 is 5.73 Å². The van der Waals surface area contributed by atoms with Gasteiger partial charge in [0.2, 0.25) is 5.91 Å². The molecule has 1 fully saturated rings. The topological polar surface area (TPSA) is 78.0 Å². The summed E-state index contributed by atoms with van der Waals surface area (Å²) in [6.45, 7) is 2.75. The number of rotatable bonds is 6. The Bertz CT molecular complexity index is 977. The number of thioether (sulfide) groups is 1. The molecule has 154 valence electrons. The molecule has 4 rings (SSSR count). The van der Waals surface area contributed by atoms with Crippen molar-refractivity contribution >= 4 is 17.7 Å². The van der Waals surface area contributed by atoms with Gasteiger partial charge in [0.25, 0.3) is 5.56 Å². The molecule has 0 unspecified atom stereocenters. The lowest BCUT2D eigenvalue weighted by Gasteiger charge is -2.42. The molecular formula is C23H29N3O2S. The van der Waals surface area contributed by atoms with Crippen LogP contribution in [0.4, 0.5) is 0 Å². The standard InChI is InChI=1S/C23H29N3O2S/c1-2-3-13-26-21(28)19-20(25-22(26)29-15-18(24)27)17-10-6-5-9-16(17)14-23(19)11-7-4-8-12-23/h5-6,9-10H,2-4,7-8,11-15H2,1H3,(H2,24,27). The first kappa shape index (κ1) is 20.2. The quantitative estimate of drug-likeness (QED) is 0.575. The summed E-state index contributed by atoms with van der Waals surface area (Å²) in [5.41, 5.74) is 9.46. The Morgan fingerprint density at radius 1 is 1.24 bits per heavy atom. The Kier molecular flexibility index (Phi) is 5.81. The molecule has 2 aliphatic carbocycles. The van der Waals surface area contributed by atoms with Crippen molar-refractivity contribution in [3.8, 4) is 11.3 Å². The Morgan fingerprint density at radius 2 is 2.00 bits per heavy atom. The number of benzene rings is 1. The van der Waals surface area contributed by atoms with E-state index < -0.39 is 5.91 Å². The number of nitrogens with two attached hydrogens (primary N) is 1. The molecule has 2 aromatic rings. The van der Waals surface area contributed by atoms with Crippen LogP contribution in [0.5, 0.6) is 0 Å². The Hall–Kier alpha value is -2.08. The average molecular weight is 412 g/mol. The van der Waals surface area contributed by atoms with Crippen molar-refractivity contribution in [1.29, 1.82) is 0 Å². The van der Waals surface area contributed by atoms with E-state index in [0.29, 0.717) is 11.7 Å². The maximum absolute atomic E-state index is 13.9. The fourth-order valence-electron chi connectivity index (χ4n) is 4.98. The molecule has 1 heterocycles. The first-order valence-corrected chi connectivity index (χ1v) is 11.7. The predicted molar refractivity (Wildman–Crippen MR) is 117 cm³/mol. The van der Waals surface area contributed by atoms with Crippen molar-refractivity contribution in [1.82, 2.24) is 9.55 Å². The summed E-state index contributed by atoms with van der Waals surface area (Å²) in [5, 5.41) is 0.615. The molecule has 1 amide bonds. The molecule has 0 saturated heterocycles. The average Bonchev–Trinajstić information content (AvgIpc) is 2.72. The number of carbonyl (C=O) groups is 1. The summed E-state index contributed by atoms with van der Waals surface area (Å²) in [5.74, 6) is -0.266. The third-order valence-corrected chi connectivity index (χ3v) is 7.35. The van der Waals surface area contributed by atoms with E-state index in [9.17, 15) is 9.59 Å². The van der Waals surface area contributed by atoms with Gasteiger partial charge in [-0.1, -0.05) is 68.6 Å². The van der Waals surface area contributed by atoms with Gasteiger partial charge in [-0.2, -0.15) is 0 Å². The minimum atomic E-state index is -0.395. The van der Waals surface area contributed by atoms with Crippen LogP contribution in [-0.4, -0.2) is 21.2 Å². The van der Waals surface area contributed by atoms with Crippen molar-refractivity contribution in [3.05, 3.63) is 45.7 Å². The zero-order valence-electron chi connectivity index (χ0n) is 17.1. The lowest BCUT2D eigenvalue weighted by Crippen LogP contribution is -2.43. The van der Waals surface area contributed by atoms with Crippen LogP contribution in [0, 0.1) is 0 Å². The summed E-state index contributed by atoms with van der Waals surface area (Å²) in [4.78, 5) is 30.3. The number of primary amides is 1. The van der Waals surface area contributed by atoms with E-state index in [-0.39, 0.29) is 16.7 Å². The van der Waals surface area contributed by atoms with Crippen LogP contribution < -0.4 is 11.3 Å². The molecule has 2 N–H and O–H groups in total. The van der Waals surface area contributed by atoms with Crippen LogP contribution in [0.2, 0.25) is 0 Å². The molecule has 0 atom stereocenters. The third-order valence-electron chi connectivity index (χ3n) is 6.36. The van der Waals surface area contributed by atoms with Crippen molar-refractivity contribution in [2.45, 2.75) is 75.4 Å². The number of nitrogens with zero attached hydrogens (tertiary/aromatic N) is 2. The van der Waals surface area contributed by atoms with Gasteiger partial charge >= 0.3 is 0 Å². The molecule has 1 spiro atoms. The zero-order valence-corrected chi connectivity index (χ0v) is 17.9. The molecule has 0 aliphatic heterocycles. The molecular weight excluding hydrogens is 382 g/mol. The van der Waals surface area contributed by atoms with Crippen LogP contribution in [0.25, 0.3) is 11.3 Å². The fourth-order valence-corrected chi connectivity index (χ4v) is 5.74.